The van der Waals surface area contributed by atoms with Crippen molar-refractivity contribution >= 4 is 22.8 Å². The van der Waals surface area contributed by atoms with Gasteiger partial charge in [-0.2, -0.15) is 4.98 Å². The van der Waals surface area contributed by atoms with E-state index < -0.39 is 0 Å². The van der Waals surface area contributed by atoms with Crippen LogP contribution in [0.25, 0.3) is 0 Å². The number of ether oxygens (including phenoxy) is 1. The molecule has 1 unspecified atom stereocenters. The summed E-state index contributed by atoms with van der Waals surface area (Å²) in [5, 5.41) is 5.53. The number of methoxy groups -OCH3 is 1. The van der Waals surface area contributed by atoms with Crippen LogP contribution in [0.5, 0.6) is 5.88 Å². The van der Waals surface area contributed by atoms with Crippen LogP contribution < -0.4 is 15.8 Å². The highest BCUT2D eigenvalue weighted by Gasteiger charge is 2.17. The fourth-order valence-corrected chi connectivity index (χ4v) is 2.84. The Bertz CT molecular complexity index is 525. The number of nitrogens with two attached hydrogens (primary N) is 1. The van der Waals surface area contributed by atoms with Gasteiger partial charge in [-0.3, -0.25) is 0 Å². The summed E-state index contributed by atoms with van der Waals surface area (Å²) in [6.45, 7) is 4.37. The molecule has 0 saturated carbocycles. The van der Waals surface area contributed by atoms with Crippen LogP contribution in [-0.4, -0.2) is 12.1 Å². The molecule has 0 fully saturated rings. The SMILES string of the molecule is COc1nc(NC(c2cccs2)C(C)C)ccc1N. The average molecular weight is 277 g/mol. The molecule has 0 aromatic carbocycles. The van der Waals surface area contributed by atoms with Gasteiger partial charge in [0.15, 0.2) is 0 Å². The molecule has 3 N–H and O–H groups in total. The van der Waals surface area contributed by atoms with Crippen molar-refractivity contribution in [2.24, 2.45) is 5.92 Å². The predicted octanol–water partition coefficient (Wildman–Crippen LogP) is 3.54. The molecular weight excluding hydrogens is 258 g/mol. The Kier molecular flexibility index (Phi) is 4.27. The fourth-order valence-electron chi connectivity index (χ4n) is 1.89. The lowest BCUT2D eigenvalue weighted by Gasteiger charge is -2.22. The van der Waals surface area contributed by atoms with E-state index in [9.17, 15) is 0 Å². The average Bonchev–Trinajstić information content (AvgIpc) is 2.91. The molecule has 0 radical (unpaired) electrons. The van der Waals surface area contributed by atoms with Gasteiger partial charge in [-0.25, -0.2) is 0 Å². The maximum absolute atomic E-state index is 5.77. The van der Waals surface area contributed by atoms with Crippen molar-refractivity contribution in [3.63, 3.8) is 0 Å². The summed E-state index contributed by atoms with van der Waals surface area (Å²) in [6.07, 6.45) is 0. The number of hydrogen-bond acceptors (Lipinski definition) is 5. The van der Waals surface area contributed by atoms with Gasteiger partial charge in [0.1, 0.15) is 5.82 Å². The molecule has 2 rings (SSSR count). The van der Waals surface area contributed by atoms with Crippen molar-refractivity contribution in [3.8, 4) is 5.88 Å². The quantitative estimate of drug-likeness (QED) is 0.877. The van der Waals surface area contributed by atoms with Gasteiger partial charge in [0.2, 0.25) is 5.88 Å². The third-order valence-electron chi connectivity index (χ3n) is 2.90. The smallest absolute Gasteiger partial charge is 0.238 e. The van der Waals surface area contributed by atoms with Crippen LogP contribution in [0.1, 0.15) is 24.8 Å². The highest BCUT2D eigenvalue weighted by molar-refractivity contribution is 7.10. The number of hydrogen-bond donors (Lipinski definition) is 2. The van der Waals surface area contributed by atoms with Crippen molar-refractivity contribution in [3.05, 3.63) is 34.5 Å². The zero-order chi connectivity index (χ0) is 13.8. The Balaban J connectivity index is 2.22. The van der Waals surface area contributed by atoms with E-state index in [1.165, 1.54) is 4.88 Å². The van der Waals surface area contributed by atoms with Crippen LogP contribution in [-0.2, 0) is 0 Å². The first kappa shape index (κ1) is 13.7. The minimum absolute atomic E-state index is 0.237. The number of rotatable bonds is 5. The molecule has 0 saturated heterocycles. The van der Waals surface area contributed by atoms with E-state index >= 15 is 0 Å². The highest BCUT2D eigenvalue weighted by atomic mass is 32.1. The van der Waals surface area contributed by atoms with E-state index in [1.807, 2.05) is 6.07 Å². The largest absolute Gasteiger partial charge is 0.479 e. The number of aromatic nitrogens is 1. The van der Waals surface area contributed by atoms with E-state index in [0.29, 0.717) is 17.5 Å². The first-order valence-electron chi connectivity index (χ1n) is 6.22. The number of nitrogens with zero attached hydrogens (tertiary/aromatic N) is 1. The summed E-state index contributed by atoms with van der Waals surface area (Å²) in [5.41, 5.74) is 6.32. The lowest BCUT2D eigenvalue weighted by Crippen LogP contribution is -2.16. The van der Waals surface area contributed by atoms with E-state index in [4.69, 9.17) is 10.5 Å². The Hall–Kier alpha value is -1.75. The summed E-state index contributed by atoms with van der Waals surface area (Å²) in [4.78, 5) is 5.67. The molecule has 0 amide bonds. The van der Waals surface area contributed by atoms with Gasteiger partial charge in [-0.05, 0) is 29.5 Å². The normalized spacial score (nSPS) is 12.4. The maximum Gasteiger partial charge on any atom is 0.238 e. The molecule has 4 nitrogen and oxygen atoms in total. The molecule has 102 valence electrons. The van der Waals surface area contributed by atoms with Crippen molar-refractivity contribution in [2.45, 2.75) is 19.9 Å². The van der Waals surface area contributed by atoms with E-state index in [1.54, 1.807) is 24.5 Å². The molecular formula is C14H19N3OS. The Morgan fingerprint density at radius 1 is 1.32 bits per heavy atom. The second kappa shape index (κ2) is 5.93. The van der Waals surface area contributed by atoms with Crippen LogP contribution in [0.3, 0.4) is 0 Å². The summed E-state index contributed by atoms with van der Waals surface area (Å²) in [6, 6.07) is 8.12. The van der Waals surface area contributed by atoms with Gasteiger partial charge in [0, 0.05) is 4.88 Å². The predicted molar refractivity (Wildman–Crippen MR) is 80.7 cm³/mol. The molecule has 0 aliphatic carbocycles. The third kappa shape index (κ3) is 3.17. The van der Waals surface area contributed by atoms with Crippen LogP contribution in [0.15, 0.2) is 29.6 Å². The highest BCUT2D eigenvalue weighted by Crippen LogP contribution is 2.30. The van der Waals surface area contributed by atoms with Crippen molar-refractivity contribution < 1.29 is 4.74 Å². The molecule has 5 heteroatoms. The fraction of sp³-hybridized carbons (Fsp3) is 0.357. The molecule has 1 atom stereocenters. The number of pyridine rings is 1. The number of nitrogen functional groups attached to an aromatic ring is 1. The second-order valence-corrected chi connectivity index (χ2v) is 5.66. The summed E-state index contributed by atoms with van der Waals surface area (Å²) < 4.78 is 5.14. The van der Waals surface area contributed by atoms with Crippen LogP contribution in [0, 0.1) is 5.92 Å². The van der Waals surface area contributed by atoms with Crippen LogP contribution >= 0.6 is 11.3 Å². The molecule has 0 bridgehead atoms. The van der Waals surface area contributed by atoms with Crippen LogP contribution in [0.4, 0.5) is 11.5 Å². The molecule has 2 aromatic heterocycles. The van der Waals surface area contributed by atoms with Gasteiger partial charge in [-0.15, -0.1) is 11.3 Å². The van der Waals surface area contributed by atoms with E-state index in [2.05, 4.69) is 41.7 Å². The molecule has 0 aliphatic heterocycles. The van der Waals surface area contributed by atoms with Crippen LogP contribution in [0.2, 0.25) is 0 Å². The molecule has 2 aromatic rings. The van der Waals surface area contributed by atoms with Crippen molar-refractivity contribution in [2.75, 3.05) is 18.2 Å². The Labute approximate surface area is 117 Å². The van der Waals surface area contributed by atoms with Gasteiger partial charge in [0.25, 0.3) is 0 Å². The van der Waals surface area contributed by atoms with E-state index in [0.717, 1.165) is 5.82 Å². The first-order chi connectivity index (χ1) is 9.11. The standard InChI is InChI=1S/C14H19N3OS/c1-9(2)13(11-5-4-8-19-11)16-12-7-6-10(15)14(17-12)18-3/h4-9,13H,15H2,1-3H3,(H,16,17). The number of thiophene rings is 1. The maximum atomic E-state index is 5.77. The minimum atomic E-state index is 0.237. The summed E-state index contributed by atoms with van der Waals surface area (Å²) >= 11 is 1.75. The lowest BCUT2D eigenvalue weighted by atomic mass is 10.0. The first-order valence-corrected chi connectivity index (χ1v) is 7.10. The summed E-state index contributed by atoms with van der Waals surface area (Å²) in [7, 11) is 1.57. The van der Waals surface area contributed by atoms with Gasteiger partial charge < -0.3 is 15.8 Å². The zero-order valence-electron chi connectivity index (χ0n) is 11.4. The third-order valence-corrected chi connectivity index (χ3v) is 3.86. The molecule has 2 heterocycles. The minimum Gasteiger partial charge on any atom is -0.479 e. The van der Waals surface area contributed by atoms with Gasteiger partial charge >= 0.3 is 0 Å². The molecule has 0 aliphatic rings. The van der Waals surface area contributed by atoms with Gasteiger partial charge in [-0.1, -0.05) is 19.9 Å². The molecule has 0 spiro atoms. The van der Waals surface area contributed by atoms with E-state index in [-0.39, 0.29) is 6.04 Å². The monoisotopic (exact) mass is 277 g/mol. The number of nitrogens with one attached hydrogen (secondary N) is 1. The van der Waals surface area contributed by atoms with Gasteiger partial charge in [0.05, 0.1) is 18.8 Å². The Morgan fingerprint density at radius 3 is 2.68 bits per heavy atom. The zero-order valence-corrected chi connectivity index (χ0v) is 12.2. The number of anilines is 2. The van der Waals surface area contributed by atoms with Crippen molar-refractivity contribution in [1.29, 1.82) is 0 Å². The Morgan fingerprint density at radius 2 is 2.11 bits per heavy atom. The van der Waals surface area contributed by atoms with Crippen molar-refractivity contribution in [1.82, 2.24) is 4.98 Å². The second-order valence-electron chi connectivity index (χ2n) is 4.68. The topological polar surface area (TPSA) is 60.2 Å². The lowest BCUT2D eigenvalue weighted by molar-refractivity contribution is 0.400. The summed E-state index contributed by atoms with van der Waals surface area (Å²) in [5.74, 6) is 1.70. The molecule has 19 heavy (non-hydrogen) atoms.